The predicted molar refractivity (Wildman–Crippen MR) is 62.7 cm³/mol. The molecule has 1 aliphatic heterocycles. The maximum Gasteiger partial charge on any atom is 0.179 e. The molecule has 0 saturated carbocycles. The normalized spacial score (nSPS) is 21.1. The summed E-state index contributed by atoms with van der Waals surface area (Å²) in [7, 11) is -1.75. The van der Waals surface area contributed by atoms with Crippen molar-refractivity contribution in [2.75, 3.05) is 19.5 Å². The van der Waals surface area contributed by atoms with Gasteiger partial charge in [-0.25, -0.2) is 8.42 Å². The maximum atomic E-state index is 11.9. The average molecular weight is 254 g/mol. The van der Waals surface area contributed by atoms with E-state index >= 15 is 0 Å². The summed E-state index contributed by atoms with van der Waals surface area (Å²) in [5.41, 5.74) is 0.761. The quantitative estimate of drug-likeness (QED) is 0.809. The summed E-state index contributed by atoms with van der Waals surface area (Å²) in [5.74, 6) is -0.259. The van der Waals surface area contributed by atoms with E-state index in [1.54, 1.807) is 24.3 Å². The van der Waals surface area contributed by atoms with Crippen molar-refractivity contribution in [3.63, 3.8) is 0 Å². The van der Waals surface area contributed by atoms with E-state index < -0.39 is 9.84 Å². The van der Waals surface area contributed by atoms with E-state index in [4.69, 9.17) is 4.74 Å². The second-order valence-electron chi connectivity index (χ2n) is 4.19. The molecule has 0 amide bonds. The number of rotatable bonds is 4. The van der Waals surface area contributed by atoms with Crippen molar-refractivity contribution >= 4 is 15.6 Å². The lowest BCUT2D eigenvalue weighted by Crippen LogP contribution is -2.13. The first kappa shape index (κ1) is 12.3. The molecule has 1 aliphatic rings. The summed E-state index contributed by atoms with van der Waals surface area (Å²) in [6.07, 6.45) is 0.226. The zero-order valence-corrected chi connectivity index (χ0v) is 10.4. The van der Waals surface area contributed by atoms with Gasteiger partial charge >= 0.3 is 0 Å². The average Bonchev–Trinajstić information content (AvgIpc) is 2.52. The van der Waals surface area contributed by atoms with Gasteiger partial charge in [0.05, 0.1) is 10.6 Å². The Balaban J connectivity index is 2.26. The molecule has 1 unspecified atom stereocenters. The van der Waals surface area contributed by atoms with Gasteiger partial charge in [-0.2, -0.15) is 0 Å². The van der Waals surface area contributed by atoms with Gasteiger partial charge in [0.25, 0.3) is 0 Å². The zero-order valence-electron chi connectivity index (χ0n) is 9.55. The van der Waals surface area contributed by atoms with Crippen LogP contribution in [0.5, 0.6) is 0 Å². The summed E-state index contributed by atoms with van der Waals surface area (Å²) in [4.78, 5) is 11.9. The Morgan fingerprint density at radius 1 is 1.41 bits per heavy atom. The third kappa shape index (κ3) is 2.40. The third-order valence-electron chi connectivity index (χ3n) is 2.89. The largest absolute Gasteiger partial charge is 0.377 e. The molecule has 0 bridgehead atoms. The van der Waals surface area contributed by atoms with Gasteiger partial charge in [-0.1, -0.05) is 18.2 Å². The molecule has 17 heavy (non-hydrogen) atoms. The van der Waals surface area contributed by atoms with Crippen molar-refractivity contribution in [3.8, 4) is 0 Å². The molecular weight excluding hydrogens is 240 g/mol. The molecule has 92 valence electrons. The summed E-state index contributed by atoms with van der Waals surface area (Å²) in [6.45, 7) is 0.0404. The number of benzene rings is 1. The van der Waals surface area contributed by atoms with Crippen molar-refractivity contribution < 1.29 is 17.9 Å². The highest BCUT2D eigenvalue weighted by Gasteiger charge is 2.35. The van der Waals surface area contributed by atoms with E-state index in [2.05, 4.69) is 0 Å². The van der Waals surface area contributed by atoms with Crippen LogP contribution in [0.4, 0.5) is 0 Å². The van der Waals surface area contributed by atoms with Crippen molar-refractivity contribution in [2.45, 2.75) is 17.2 Å². The monoisotopic (exact) mass is 254 g/mol. The van der Waals surface area contributed by atoms with Gasteiger partial charge in [0.1, 0.15) is 6.61 Å². The highest BCUT2D eigenvalue weighted by atomic mass is 32.2. The number of sulfone groups is 1. The summed E-state index contributed by atoms with van der Waals surface area (Å²) in [6, 6.07) is 6.89. The second kappa shape index (κ2) is 4.58. The standard InChI is InChI=1S/C12H14O4S/c1-16-7-10(13)6-9-8-17(14,15)12-5-3-2-4-11(9)12/h2-5,9H,6-8H2,1H3. The number of hydrogen-bond donors (Lipinski definition) is 0. The Kier molecular flexibility index (Phi) is 3.31. The Hall–Kier alpha value is -1.20. The van der Waals surface area contributed by atoms with Crippen LogP contribution in [0.2, 0.25) is 0 Å². The number of methoxy groups -OCH3 is 1. The van der Waals surface area contributed by atoms with E-state index in [0.717, 1.165) is 5.56 Å². The zero-order chi connectivity index (χ0) is 12.5. The smallest absolute Gasteiger partial charge is 0.179 e. The van der Waals surface area contributed by atoms with Gasteiger partial charge in [0.15, 0.2) is 15.6 Å². The fourth-order valence-electron chi connectivity index (χ4n) is 2.21. The maximum absolute atomic E-state index is 11.9. The van der Waals surface area contributed by atoms with Crippen LogP contribution in [-0.2, 0) is 19.4 Å². The minimum Gasteiger partial charge on any atom is -0.377 e. The highest BCUT2D eigenvalue weighted by Crippen LogP contribution is 2.36. The summed E-state index contributed by atoms with van der Waals surface area (Å²) < 4.78 is 28.5. The van der Waals surface area contributed by atoms with Crippen LogP contribution in [0.3, 0.4) is 0 Å². The first-order valence-electron chi connectivity index (χ1n) is 5.37. The number of Topliss-reactive ketones (excluding diaryl/α,β-unsaturated/α-hetero) is 1. The third-order valence-corrected chi connectivity index (χ3v) is 4.78. The lowest BCUT2D eigenvalue weighted by atomic mass is 9.96. The number of carbonyl (C=O) groups is 1. The van der Waals surface area contributed by atoms with E-state index in [0.29, 0.717) is 4.90 Å². The molecule has 0 spiro atoms. The number of carbonyl (C=O) groups excluding carboxylic acids is 1. The fraction of sp³-hybridized carbons (Fsp3) is 0.417. The van der Waals surface area contributed by atoms with Crippen LogP contribution in [0.1, 0.15) is 17.9 Å². The summed E-state index contributed by atoms with van der Waals surface area (Å²) >= 11 is 0. The lowest BCUT2D eigenvalue weighted by molar-refractivity contribution is -0.122. The van der Waals surface area contributed by atoms with Gasteiger partial charge in [-0.3, -0.25) is 4.79 Å². The van der Waals surface area contributed by atoms with Gasteiger partial charge < -0.3 is 4.74 Å². The lowest BCUT2D eigenvalue weighted by Gasteiger charge is -2.08. The number of fused-ring (bicyclic) bond motifs is 1. The van der Waals surface area contributed by atoms with Crippen LogP contribution in [0, 0.1) is 0 Å². The Morgan fingerprint density at radius 2 is 2.12 bits per heavy atom. The molecule has 4 nitrogen and oxygen atoms in total. The van der Waals surface area contributed by atoms with E-state index in [1.165, 1.54) is 7.11 Å². The molecule has 2 rings (SSSR count). The molecule has 0 saturated heterocycles. The molecule has 1 aromatic rings. The SMILES string of the molecule is COCC(=O)CC1CS(=O)(=O)c2ccccc21. The van der Waals surface area contributed by atoms with Gasteiger partial charge in [0, 0.05) is 19.4 Å². The molecule has 5 heteroatoms. The molecule has 1 heterocycles. The van der Waals surface area contributed by atoms with Crippen LogP contribution in [0.25, 0.3) is 0 Å². The second-order valence-corrected chi connectivity index (χ2v) is 6.19. The molecule has 0 N–H and O–H groups in total. The molecule has 0 fully saturated rings. The van der Waals surface area contributed by atoms with Crippen molar-refractivity contribution in [3.05, 3.63) is 29.8 Å². The van der Waals surface area contributed by atoms with Crippen molar-refractivity contribution in [2.24, 2.45) is 0 Å². The number of hydrogen-bond acceptors (Lipinski definition) is 4. The van der Waals surface area contributed by atoms with Gasteiger partial charge in [0.2, 0.25) is 0 Å². The number of ether oxygens (including phenoxy) is 1. The van der Waals surface area contributed by atoms with E-state index in [-0.39, 0.29) is 30.5 Å². The van der Waals surface area contributed by atoms with Crippen LogP contribution in [-0.4, -0.2) is 33.7 Å². The molecular formula is C12H14O4S. The molecule has 1 atom stereocenters. The molecule has 1 aromatic carbocycles. The van der Waals surface area contributed by atoms with E-state index in [1.807, 2.05) is 0 Å². The van der Waals surface area contributed by atoms with Gasteiger partial charge in [-0.15, -0.1) is 0 Å². The molecule has 0 aromatic heterocycles. The van der Waals surface area contributed by atoms with Gasteiger partial charge in [-0.05, 0) is 11.6 Å². The molecule has 0 aliphatic carbocycles. The predicted octanol–water partition coefficient (Wildman–Crippen LogP) is 1.16. The first-order chi connectivity index (χ1) is 8.04. The minimum absolute atomic E-state index is 0.0296. The Bertz CT molecular complexity index is 533. The summed E-state index contributed by atoms with van der Waals surface area (Å²) in [5, 5.41) is 0. The Labute approximate surface area is 101 Å². The number of ketones is 1. The minimum atomic E-state index is -3.21. The molecule has 0 radical (unpaired) electrons. The van der Waals surface area contributed by atoms with Crippen molar-refractivity contribution in [1.29, 1.82) is 0 Å². The van der Waals surface area contributed by atoms with Crippen LogP contribution >= 0.6 is 0 Å². The first-order valence-corrected chi connectivity index (χ1v) is 7.02. The van der Waals surface area contributed by atoms with E-state index in [9.17, 15) is 13.2 Å². The van der Waals surface area contributed by atoms with Crippen LogP contribution in [0.15, 0.2) is 29.2 Å². The topological polar surface area (TPSA) is 60.4 Å². The fourth-order valence-corrected chi connectivity index (χ4v) is 4.10. The van der Waals surface area contributed by atoms with Crippen LogP contribution < -0.4 is 0 Å². The highest BCUT2D eigenvalue weighted by molar-refractivity contribution is 7.91. The van der Waals surface area contributed by atoms with Crippen molar-refractivity contribution in [1.82, 2.24) is 0 Å². The Morgan fingerprint density at radius 3 is 2.82 bits per heavy atom.